The summed E-state index contributed by atoms with van der Waals surface area (Å²) < 4.78 is 19.9. The molecular formula is C23H20ClFO. The minimum atomic E-state index is -0.378. The second-order valence-corrected chi connectivity index (χ2v) is 7.05. The highest BCUT2D eigenvalue weighted by molar-refractivity contribution is 6.32. The van der Waals surface area contributed by atoms with Crippen LogP contribution in [0.5, 0.6) is 0 Å². The highest BCUT2D eigenvalue weighted by atomic mass is 35.5. The third-order valence-electron chi connectivity index (χ3n) is 4.81. The van der Waals surface area contributed by atoms with Gasteiger partial charge in [-0.3, -0.25) is 0 Å². The fourth-order valence-corrected chi connectivity index (χ4v) is 3.54. The summed E-state index contributed by atoms with van der Waals surface area (Å²) in [5, 5.41) is 0.167. The zero-order valence-corrected chi connectivity index (χ0v) is 15.4. The third kappa shape index (κ3) is 3.40. The first-order valence-corrected chi connectivity index (χ1v) is 9.34. The quantitative estimate of drug-likeness (QED) is 0.450. The van der Waals surface area contributed by atoms with Crippen molar-refractivity contribution in [2.45, 2.75) is 25.9 Å². The number of benzene rings is 3. The molecular weight excluding hydrogens is 347 g/mol. The molecule has 1 nitrogen and oxygen atoms in total. The molecule has 1 atom stereocenters. The van der Waals surface area contributed by atoms with Gasteiger partial charge in [-0.05, 0) is 28.7 Å². The standard InChI is InChI=1S/C23H20ClFO/c1-2-3-15-4-6-16(7-5-15)17-8-10-18(11-9-17)19-12-13-20(21-14-26-21)22(24)23(19)25/h4-13,21H,2-3,14H2,1H3. The van der Waals surface area contributed by atoms with Gasteiger partial charge in [-0.25, -0.2) is 4.39 Å². The van der Waals surface area contributed by atoms with Crippen molar-refractivity contribution in [2.75, 3.05) is 6.61 Å². The number of epoxide rings is 1. The minimum Gasteiger partial charge on any atom is -0.368 e. The lowest BCUT2D eigenvalue weighted by Gasteiger charge is -2.10. The number of hydrogen-bond donors (Lipinski definition) is 0. The third-order valence-corrected chi connectivity index (χ3v) is 5.20. The van der Waals surface area contributed by atoms with Gasteiger partial charge in [0.15, 0.2) is 0 Å². The van der Waals surface area contributed by atoms with Gasteiger partial charge in [0.25, 0.3) is 0 Å². The summed E-state index contributed by atoms with van der Waals surface area (Å²) in [6.07, 6.45) is 2.19. The molecule has 132 valence electrons. The van der Waals surface area contributed by atoms with E-state index in [1.54, 1.807) is 6.07 Å². The van der Waals surface area contributed by atoms with E-state index in [0.717, 1.165) is 35.1 Å². The normalized spacial score (nSPS) is 15.9. The van der Waals surface area contributed by atoms with Gasteiger partial charge in [-0.1, -0.05) is 85.6 Å². The molecule has 3 aromatic rings. The lowest BCUT2D eigenvalue weighted by molar-refractivity contribution is 0.415. The first-order chi connectivity index (χ1) is 12.7. The molecule has 1 saturated heterocycles. The van der Waals surface area contributed by atoms with Gasteiger partial charge < -0.3 is 4.74 Å². The summed E-state index contributed by atoms with van der Waals surface area (Å²) >= 11 is 6.20. The molecule has 4 rings (SSSR count). The second kappa shape index (κ2) is 7.22. The van der Waals surface area contributed by atoms with Crippen molar-refractivity contribution in [1.29, 1.82) is 0 Å². The Hall–Kier alpha value is -2.16. The molecule has 0 aliphatic carbocycles. The SMILES string of the molecule is CCCc1ccc(-c2ccc(-c3ccc(C4CO4)c(Cl)c3F)cc2)cc1. The first kappa shape index (κ1) is 17.3. The fourth-order valence-electron chi connectivity index (χ4n) is 3.26. The maximum atomic E-state index is 14.7. The lowest BCUT2D eigenvalue weighted by Crippen LogP contribution is -1.92. The lowest BCUT2D eigenvalue weighted by atomic mass is 9.98. The van der Waals surface area contributed by atoms with Crippen LogP contribution >= 0.6 is 11.6 Å². The first-order valence-electron chi connectivity index (χ1n) is 8.96. The van der Waals surface area contributed by atoms with E-state index in [1.807, 2.05) is 30.3 Å². The summed E-state index contributed by atoms with van der Waals surface area (Å²) in [5.41, 5.74) is 5.70. The van der Waals surface area contributed by atoms with Crippen molar-refractivity contribution in [1.82, 2.24) is 0 Å². The summed E-state index contributed by atoms with van der Waals surface area (Å²) in [6.45, 7) is 2.80. The Kier molecular flexibility index (Phi) is 4.80. The molecule has 0 aromatic heterocycles. The molecule has 0 spiro atoms. The predicted molar refractivity (Wildman–Crippen MR) is 105 cm³/mol. The molecule has 0 radical (unpaired) electrons. The van der Waals surface area contributed by atoms with E-state index in [9.17, 15) is 4.39 Å². The average Bonchev–Trinajstić information content (AvgIpc) is 3.50. The minimum absolute atomic E-state index is 0.0518. The largest absolute Gasteiger partial charge is 0.368 e. The van der Waals surface area contributed by atoms with Gasteiger partial charge >= 0.3 is 0 Å². The summed E-state index contributed by atoms with van der Waals surface area (Å²) in [4.78, 5) is 0. The van der Waals surface area contributed by atoms with Crippen molar-refractivity contribution in [3.05, 3.63) is 82.6 Å². The van der Waals surface area contributed by atoms with Crippen LogP contribution in [0.15, 0.2) is 60.7 Å². The van der Waals surface area contributed by atoms with Crippen LogP contribution in [-0.2, 0) is 11.2 Å². The number of ether oxygens (including phenoxy) is 1. The van der Waals surface area contributed by atoms with Crippen molar-refractivity contribution in [2.24, 2.45) is 0 Å². The summed E-state index contributed by atoms with van der Waals surface area (Å²) in [7, 11) is 0. The molecule has 1 unspecified atom stereocenters. The van der Waals surface area contributed by atoms with E-state index in [1.165, 1.54) is 5.56 Å². The van der Waals surface area contributed by atoms with Crippen molar-refractivity contribution >= 4 is 11.6 Å². The Bertz CT molecular complexity index is 912. The van der Waals surface area contributed by atoms with Gasteiger partial charge in [-0.15, -0.1) is 0 Å². The topological polar surface area (TPSA) is 12.5 Å². The predicted octanol–water partition coefficient (Wildman–Crippen LogP) is 6.84. The molecule has 3 aromatic carbocycles. The Morgan fingerprint density at radius 3 is 2.08 bits per heavy atom. The van der Waals surface area contributed by atoms with E-state index < -0.39 is 0 Å². The van der Waals surface area contributed by atoms with Gasteiger partial charge in [-0.2, -0.15) is 0 Å². The van der Waals surface area contributed by atoms with Crippen molar-refractivity contribution < 1.29 is 9.13 Å². The molecule has 0 saturated carbocycles. The smallest absolute Gasteiger partial charge is 0.149 e. The zero-order chi connectivity index (χ0) is 18.1. The van der Waals surface area contributed by atoms with Gasteiger partial charge in [0.05, 0.1) is 11.6 Å². The molecule has 1 heterocycles. The Labute approximate surface area is 158 Å². The van der Waals surface area contributed by atoms with E-state index in [4.69, 9.17) is 16.3 Å². The van der Waals surface area contributed by atoms with Crippen molar-refractivity contribution in [3.63, 3.8) is 0 Å². The molecule has 26 heavy (non-hydrogen) atoms. The molecule has 1 aliphatic rings. The van der Waals surface area contributed by atoms with Crippen LogP contribution in [0.2, 0.25) is 5.02 Å². The Balaban J connectivity index is 1.60. The molecule has 1 fully saturated rings. The summed E-state index contributed by atoms with van der Waals surface area (Å²) in [5.74, 6) is -0.378. The van der Waals surface area contributed by atoms with Gasteiger partial charge in [0.1, 0.15) is 11.9 Å². The van der Waals surface area contributed by atoms with Crippen LogP contribution in [0.25, 0.3) is 22.3 Å². The Morgan fingerprint density at radius 1 is 0.923 bits per heavy atom. The highest BCUT2D eigenvalue weighted by Gasteiger charge is 2.29. The molecule has 0 amide bonds. The summed E-state index contributed by atoms with van der Waals surface area (Å²) in [6, 6.07) is 20.2. The highest BCUT2D eigenvalue weighted by Crippen LogP contribution is 2.39. The van der Waals surface area contributed by atoms with E-state index in [-0.39, 0.29) is 16.9 Å². The van der Waals surface area contributed by atoms with E-state index in [2.05, 4.69) is 31.2 Å². The number of rotatable bonds is 5. The van der Waals surface area contributed by atoms with E-state index in [0.29, 0.717) is 12.2 Å². The fraction of sp³-hybridized carbons (Fsp3) is 0.217. The van der Waals surface area contributed by atoms with Crippen molar-refractivity contribution in [3.8, 4) is 22.3 Å². The van der Waals surface area contributed by atoms with Crippen LogP contribution in [0.1, 0.15) is 30.6 Å². The molecule has 0 N–H and O–H groups in total. The van der Waals surface area contributed by atoms with Gasteiger partial charge in [0, 0.05) is 11.1 Å². The maximum absolute atomic E-state index is 14.7. The Morgan fingerprint density at radius 2 is 1.50 bits per heavy atom. The molecule has 0 bridgehead atoms. The maximum Gasteiger partial charge on any atom is 0.149 e. The van der Waals surface area contributed by atoms with E-state index >= 15 is 0 Å². The molecule has 1 aliphatic heterocycles. The monoisotopic (exact) mass is 366 g/mol. The van der Waals surface area contributed by atoms with Crippen LogP contribution in [0.4, 0.5) is 4.39 Å². The second-order valence-electron chi connectivity index (χ2n) is 6.68. The number of hydrogen-bond acceptors (Lipinski definition) is 1. The van der Waals surface area contributed by atoms with Gasteiger partial charge in [0.2, 0.25) is 0 Å². The average molecular weight is 367 g/mol. The van der Waals surface area contributed by atoms with Crippen LogP contribution in [0, 0.1) is 5.82 Å². The number of halogens is 2. The molecule has 3 heteroatoms. The number of aryl methyl sites for hydroxylation is 1. The zero-order valence-electron chi connectivity index (χ0n) is 14.6. The van der Waals surface area contributed by atoms with Crippen LogP contribution < -0.4 is 0 Å². The van der Waals surface area contributed by atoms with Crippen LogP contribution in [-0.4, -0.2) is 6.61 Å². The van der Waals surface area contributed by atoms with Crippen LogP contribution in [0.3, 0.4) is 0 Å².